The van der Waals surface area contributed by atoms with Crippen LogP contribution < -0.4 is 15.0 Å². The molecule has 0 aliphatic carbocycles. The van der Waals surface area contributed by atoms with Gasteiger partial charge < -0.3 is 15.2 Å². The Morgan fingerprint density at radius 3 is 2.57 bits per heavy atom. The summed E-state index contributed by atoms with van der Waals surface area (Å²) >= 11 is 0. The second kappa shape index (κ2) is 7.65. The van der Waals surface area contributed by atoms with Crippen LogP contribution in [0.3, 0.4) is 0 Å². The van der Waals surface area contributed by atoms with E-state index in [-0.39, 0.29) is 6.54 Å². The standard InChI is InChI=1S/C24H22N2O4/c1-16-8-7-9-17(14-16)24(29)18-10-3-5-12-20(18)26(23(24)28)15-22(27)25-19-11-4-6-13-21(19)30-2/h3-14,29H,15H2,1-2H3,(H,25,27)/t24-/m0/s1. The smallest absolute Gasteiger partial charge is 0.268 e. The molecule has 0 radical (unpaired) electrons. The number of amides is 2. The third-order valence-electron chi connectivity index (χ3n) is 5.26. The summed E-state index contributed by atoms with van der Waals surface area (Å²) < 4.78 is 5.26. The number of para-hydroxylation sites is 3. The molecule has 0 unspecified atom stereocenters. The van der Waals surface area contributed by atoms with Gasteiger partial charge in [0.1, 0.15) is 12.3 Å². The fourth-order valence-electron chi connectivity index (χ4n) is 3.82. The fourth-order valence-corrected chi connectivity index (χ4v) is 3.82. The van der Waals surface area contributed by atoms with Gasteiger partial charge in [0.15, 0.2) is 5.60 Å². The van der Waals surface area contributed by atoms with E-state index in [4.69, 9.17) is 4.74 Å². The molecule has 0 bridgehead atoms. The number of rotatable bonds is 5. The van der Waals surface area contributed by atoms with Crippen molar-refractivity contribution in [2.45, 2.75) is 12.5 Å². The van der Waals surface area contributed by atoms with Gasteiger partial charge in [0.25, 0.3) is 5.91 Å². The van der Waals surface area contributed by atoms with Crippen LogP contribution in [-0.2, 0) is 15.2 Å². The molecule has 4 rings (SSSR count). The number of aliphatic hydroxyl groups is 1. The number of anilines is 2. The van der Waals surface area contributed by atoms with Crippen LogP contribution in [0.25, 0.3) is 0 Å². The molecule has 1 heterocycles. The Morgan fingerprint density at radius 2 is 1.80 bits per heavy atom. The number of aryl methyl sites for hydroxylation is 1. The lowest BCUT2D eigenvalue weighted by Crippen LogP contribution is -2.44. The van der Waals surface area contributed by atoms with E-state index in [2.05, 4.69) is 5.32 Å². The van der Waals surface area contributed by atoms with Crippen molar-refractivity contribution in [3.05, 3.63) is 89.5 Å². The van der Waals surface area contributed by atoms with Gasteiger partial charge in [-0.3, -0.25) is 14.5 Å². The number of fused-ring (bicyclic) bond motifs is 1. The molecule has 1 atom stereocenters. The van der Waals surface area contributed by atoms with E-state index >= 15 is 0 Å². The van der Waals surface area contributed by atoms with Crippen molar-refractivity contribution in [2.24, 2.45) is 0 Å². The summed E-state index contributed by atoms with van der Waals surface area (Å²) in [5.41, 5.74) is 1.06. The summed E-state index contributed by atoms with van der Waals surface area (Å²) in [5.74, 6) is -0.420. The van der Waals surface area contributed by atoms with E-state index < -0.39 is 17.4 Å². The monoisotopic (exact) mass is 402 g/mol. The lowest BCUT2D eigenvalue weighted by molar-refractivity contribution is -0.133. The number of nitrogens with one attached hydrogen (secondary N) is 1. The van der Waals surface area contributed by atoms with Crippen LogP contribution in [0.2, 0.25) is 0 Å². The zero-order valence-corrected chi connectivity index (χ0v) is 16.8. The van der Waals surface area contributed by atoms with Gasteiger partial charge in [0.05, 0.1) is 18.5 Å². The molecule has 0 saturated heterocycles. The summed E-state index contributed by atoms with van der Waals surface area (Å²) in [6.45, 7) is 1.67. The molecule has 0 aromatic heterocycles. The second-order valence-electron chi connectivity index (χ2n) is 7.24. The van der Waals surface area contributed by atoms with Crippen LogP contribution in [0.15, 0.2) is 72.8 Å². The van der Waals surface area contributed by atoms with Crippen LogP contribution in [0.1, 0.15) is 16.7 Å². The maximum absolute atomic E-state index is 13.4. The van der Waals surface area contributed by atoms with Crippen molar-refractivity contribution in [1.82, 2.24) is 0 Å². The fraction of sp³-hybridized carbons (Fsp3) is 0.167. The molecule has 0 spiro atoms. The van der Waals surface area contributed by atoms with Crippen LogP contribution in [0.5, 0.6) is 5.75 Å². The number of hydrogen-bond donors (Lipinski definition) is 2. The molecular formula is C24H22N2O4. The first-order valence-electron chi connectivity index (χ1n) is 9.59. The first-order valence-corrected chi connectivity index (χ1v) is 9.59. The number of benzene rings is 3. The molecule has 6 heteroatoms. The average molecular weight is 402 g/mol. The highest BCUT2D eigenvalue weighted by Gasteiger charge is 2.51. The molecule has 1 aliphatic heterocycles. The van der Waals surface area contributed by atoms with Crippen LogP contribution >= 0.6 is 0 Å². The van der Waals surface area contributed by atoms with Gasteiger partial charge in [-0.1, -0.05) is 60.2 Å². The van der Waals surface area contributed by atoms with Gasteiger partial charge in [-0.05, 0) is 30.7 Å². The maximum atomic E-state index is 13.4. The van der Waals surface area contributed by atoms with Crippen LogP contribution in [0, 0.1) is 6.92 Å². The zero-order valence-electron chi connectivity index (χ0n) is 16.8. The largest absolute Gasteiger partial charge is 0.495 e. The summed E-state index contributed by atoms with van der Waals surface area (Å²) in [5, 5.41) is 14.3. The first kappa shape index (κ1) is 19.7. The van der Waals surface area contributed by atoms with Gasteiger partial charge in [0.2, 0.25) is 5.91 Å². The maximum Gasteiger partial charge on any atom is 0.268 e. The number of nitrogens with zero attached hydrogens (tertiary/aromatic N) is 1. The van der Waals surface area contributed by atoms with Gasteiger partial charge in [0, 0.05) is 5.56 Å². The van der Waals surface area contributed by atoms with Crippen LogP contribution in [0.4, 0.5) is 11.4 Å². The zero-order chi connectivity index (χ0) is 21.3. The van der Waals surface area contributed by atoms with E-state index in [1.54, 1.807) is 66.7 Å². The minimum Gasteiger partial charge on any atom is -0.495 e. The van der Waals surface area contributed by atoms with E-state index in [0.717, 1.165) is 5.56 Å². The molecule has 152 valence electrons. The third-order valence-corrected chi connectivity index (χ3v) is 5.26. The topological polar surface area (TPSA) is 78.9 Å². The SMILES string of the molecule is COc1ccccc1NC(=O)CN1C(=O)[C@](O)(c2cccc(C)c2)c2ccccc21. The van der Waals surface area contributed by atoms with Crippen molar-refractivity contribution in [1.29, 1.82) is 0 Å². The Labute approximate surface area is 174 Å². The Morgan fingerprint density at radius 1 is 1.07 bits per heavy atom. The van der Waals surface area contributed by atoms with E-state index in [1.165, 1.54) is 12.0 Å². The molecule has 3 aromatic carbocycles. The lowest BCUT2D eigenvalue weighted by atomic mass is 9.87. The van der Waals surface area contributed by atoms with E-state index in [0.29, 0.717) is 28.3 Å². The molecule has 2 N–H and O–H groups in total. The van der Waals surface area contributed by atoms with Crippen molar-refractivity contribution < 1.29 is 19.4 Å². The van der Waals surface area contributed by atoms with Crippen molar-refractivity contribution in [3.63, 3.8) is 0 Å². The molecule has 6 nitrogen and oxygen atoms in total. The Kier molecular flexibility index (Phi) is 5.01. The summed E-state index contributed by atoms with van der Waals surface area (Å²) in [7, 11) is 1.52. The third kappa shape index (κ3) is 3.21. The van der Waals surface area contributed by atoms with E-state index in [9.17, 15) is 14.7 Å². The molecule has 3 aromatic rings. The normalized spacial score (nSPS) is 17.6. The minimum absolute atomic E-state index is 0.234. The van der Waals surface area contributed by atoms with Crippen LogP contribution in [-0.4, -0.2) is 30.6 Å². The quantitative estimate of drug-likeness (QED) is 0.687. The van der Waals surface area contributed by atoms with Gasteiger partial charge >= 0.3 is 0 Å². The van der Waals surface area contributed by atoms with Gasteiger partial charge in [-0.2, -0.15) is 0 Å². The number of hydrogen-bond acceptors (Lipinski definition) is 4. The van der Waals surface area contributed by atoms with Gasteiger partial charge in [-0.15, -0.1) is 0 Å². The number of carbonyl (C=O) groups excluding carboxylic acids is 2. The molecular weight excluding hydrogens is 380 g/mol. The highest BCUT2D eigenvalue weighted by molar-refractivity contribution is 6.12. The molecule has 30 heavy (non-hydrogen) atoms. The predicted molar refractivity (Wildman–Crippen MR) is 115 cm³/mol. The molecule has 0 saturated carbocycles. The number of methoxy groups -OCH3 is 1. The Bertz CT molecular complexity index is 1130. The minimum atomic E-state index is -1.84. The second-order valence-corrected chi connectivity index (χ2v) is 7.24. The van der Waals surface area contributed by atoms with E-state index in [1.807, 2.05) is 13.0 Å². The van der Waals surface area contributed by atoms with Crippen molar-refractivity contribution in [2.75, 3.05) is 23.9 Å². The average Bonchev–Trinajstić information content (AvgIpc) is 2.97. The highest BCUT2D eigenvalue weighted by Crippen LogP contribution is 2.44. The molecule has 1 aliphatic rings. The lowest BCUT2D eigenvalue weighted by Gasteiger charge is -2.24. The summed E-state index contributed by atoms with van der Waals surface area (Å²) in [6.07, 6.45) is 0. The summed E-state index contributed by atoms with van der Waals surface area (Å²) in [6, 6.07) is 21.2. The molecule has 2 amide bonds. The van der Waals surface area contributed by atoms with Crippen molar-refractivity contribution in [3.8, 4) is 5.75 Å². The molecule has 0 fully saturated rings. The Hall–Kier alpha value is -3.64. The summed E-state index contributed by atoms with van der Waals surface area (Å²) in [4.78, 5) is 27.5. The Balaban J connectivity index is 1.66. The van der Waals surface area contributed by atoms with Crippen molar-refractivity contribution >= 4 is 23.2 Å². The first-order chi connectivity index (χ1) is 14.4. The number of carbonyl (C=O) groups is 2. The predicted octanol–water partition coefficient (Wildman–Crippen LogP) is 3.22. The number of ether oxygens (including phenoxy) is 1. The highest BCUT2D eigenvalue weighted by atomic mass is 16.5. The van der Waals surface area contributed by atoms with Gasteiger partial charge in [-0.25, -0.2) is 0 Å².